The number of halogens is 1. The van der Waals surface area contributed by atoms with Crippen molar-refractivity contribution < 1.29 is 18.8 Å². The molecule has 1 atom stereocenters. The van der Waals surface area contributed by atoms with E-state index in [1.54, 1.807) is 12.1 Å². The molecule has 1 unspecified atom stereocenters. The van der Waals surface area contributed by atoms with Crippen LogP contribution < -0.4 is 10.2 Å². The van der Waals surface area contributed by atoms with Gasteiger partial charge in [0.2, 0.25) is 5.91 Å². The Morgan fingerprint density at radius 2 is 1.76 bits per heavy atom. The number of nitrogens with one attached hydrogen (secondary N) is 1. The van der Waals surface area contributed by atoms with E-state index in [1.807, 2.05) is 19.1 Å². The van der Waals surface area contributed by atoms with Crippen LogP contribution >= 0.6 is 0 Å². The van der Waals surface area contributed by atoms with E-state index in [-0.39, 0.29) is 5.69 Å². The number of rotatable bonds is 3. The van der Waals surface area contributed by atoms with Crippen LogP contribution in [-0.4, -0.2) is 24.1 Å². The number of imide groups is 2. The minimum Gasteiger partial charge on any atom is -0.276 e. The van der Waals surface area contributed by atoms with Crippen molar-refractivity contribution in [2.75, 3.05) is 4.90 Å². The normalized spacial score (nSPS) is 17.9. The highest BCUT2D eigenvalue weighted by atomic mass is 19.1. The maximum absolute atomic E-state index is 13.1. The van der Waals surface area contributed by atoms with Crippen LogP contribution in [0.2, 0.25) is 0 Å². The molecule has 2 aromatic rings. The molecule has 1 N–H and O–H groups in total. The van der Waals surface area contributed by atoms with E-state index in [0.717, 1.165) is 22.6 Å². The first-order valence-electron chi connectivity index (χ1n) is 7.51. The summed E-state index contributed by atoms with van der Waals surface area (Å²) in [4.78, 5) is 41.6. The number of hydrogen-bond acceptors (Lipinski definition) is 4. The molecule has 6 nitrogen and oxygen atoms in total. The summed E-state index contributed by atoms with van der Waals surface area (Å²) in [5, 5.41) is 2.12. The van der Waals surface area contributed by atoms with Crippen molar-refractivity contribution in [2.45, 2.75) is 6.92 Å². The number of aliphatic imine (C=N–C) groups is 1. The number of carbonyl (C=O) groups is 3. The predicted molar refractivity (Wildman–Crippen MR) is 90.2 cm³/mol. The highest BCUT2D eigenvalue weighted by Gasteiger charge is 2.40. The van der Waals surface area contributed by atoms with Crippen LogP contribution in [-0.2, 0) is 9.59 Å². The van der Waals surface area contributed by atoms with Crippen molar-refractivity contribution in [1.29, 1.82) is 0 Å². The smallest absolute Gasteiger partial charge is 0.276 e. The van der Waals surface area contributed by atoms with Crippen molar-refractivity contribution in [1.82, 2.24) is 5.32 Å². The average Bonchev–Trinajstić information content (AvgIpc) is 2.57. The summed E-state index contributed by atoms with van der Waals surface area (Å²) >= 11 is 0. The lowest BCUT2D eigenvalue weighted by Gasteiger charge is -2.28. The highest BCUT2D eigenvalue weighted by Crippen LogP contribution is 2.22. The van der Waals surface area contributed by atoms with Gasteiger partial charge in [-0.3, -0.25) is 19.9 Å². The van der Waals surface area contributed by atoms with E-state index in [1.165, 1.54) is 18.3 Å². The van der Waals surface area contributed by atoms with E-state index in [4.69, 9.17) is 0 Å². The Kier molecular flexibility index (Phi) is 4.38. The second kappa shape index (κ2) is 6.64. The highest BCUT2D eigenvalue weighted by molar-refractivity contribution is 6.32. The fourth-order valence-electron chi connectivity index (χ4n) is 2.42. The Labute approximate surface area is 143 Å². The van der Waals surface area contributed by atoms with Gasteiger partial charge in [0.1, 0.15) is 5.82 Å². The minimum absolute atomic E-state index is 0.172. The third-order valence-corrected chi connectivity index (χ3v) is 3.77. The Bertz CT molecular complexity index is 877. The predicted octanol–water partition coefficient (Wildman–Crippen LogP) is 2.74. The first-order valence-corrected chi connectivity index (χ1v) is 7.51. The van der Waals surface area contributed by atoms with Crippen LogP contribution in [0.25, 0.3) is 0 Å². The molecule has 0 spiro atoms. The molecule has 1 fully saturated rings. The topological polar surface area (TPSA) is 78.8 Å². The van der Waals surface area contributed by atoms with Gasteiger partial charge in [-0.2, -0.15) is 0 Å². The number of urea groups is 1. The third-order valence-electron chi connectivity index (χ3n) is 3.77. The van der Waals surface area contributed by atoms with Gasteiger partial charge in [-0.15, -0.1) is 0 Å². The monoisotopic (exact) mass is 339 g/mol. The largest absolute Gasteiger partial charge is 0.335 e. The van der Waals surface area contributed by atoms with Gasteiger partial charge in [0, 0.05) is 6.21 Å². The maximum Gasteiger partial charge on any atom is 0.335 e. The Balaban J connectivity index is 1.90. The molecule has 3 rings (SSSR count). The van der Waals surface area contributed by atoms with Crippen molar-refractivity contribution in [2.24, 2.45) is 10.9 Å². The quantitative estimate of drug-likeness (QED) is 0.690. The van der Waals surface area contributed by atoms with Crippen LogP contribution in [0.15, 0.2) is 53.5 Å². The minimum atomic E-state index is -1.25. The molecule has 0 radical (unpaired) electrons. The van der Waals surface area contributed by atoms with E-state index in [2.05, 4.69) is 10.3 Å². The molecule has 2 aromatic carbocycles. The van der Waals surface area contributed by atoms with Crippen molar-refractivity contribution in [3.05, 3.63) is 59.9 Å². The van der Waals surface area contributed by atoms with Crippen molar-refractivity contribution in [3.63, 3.8) is 0 Å². The van der Waals surface area contributed by atoms with Gasteiger partial charge in [-0.25, -0.2) is 14.1 Å². The summed E-state index contributed by atoms with van der Waals surface area (Å²) in [5.41, 5.74) is 1.67. The first-order chi connectivity index (χ1) is 12.0. The zero-order valence-electron chi connectivity index (χ0n) is 13.3. The Morgan fingerprint density at radius 3 is 2.44 bits per heavy atom. The molecule has 126 valence electrons. The lowest BCUT2D eigenvalue weighted by atomic mass is 10.1. The lowest BCUT2D eigenvalue weighted by molar-refractivity contribution is -0.131. The van der Waals surface area contributed by atoms with Gasteiger partial charge in [0.05, 0.1) is 11.4 Å². The number of benzene rings is 2. The number of para-hydroxylation sites is 1. The molecule has 1 saturated heterocycles. The maximum atomic E-state index is 13.1. The van der Waals surface area contributed by atoms with Gasteiger partial charge < -0.3 is 0 Å². The zero-order valence-corrected chi connectivity index (χ0v) is 13.3. The summed E-state index contributed by atoms with van der Waals surface area (Å²) in [6, 6.07) is 11.2. The third kappa shape index (κ3) is 3.30. The first kappa shape index (κ1) is 16.5. The van der Waals surface area contributed by atoms with E-state index in [0.29, 0.717) is 5.69 Å². The number of barbiturate groups is 1. The van der Waals surface area contributed by atoms with E-state index in [9.17, 15) is 18.8 Å². The molecule has 25 heavy (non-hydrogen) atoms. The van der Waals surface area contributed by atoms with Gasteiger partial charge in [-0.05, 0) is 42.8 Å². The Hall–Kier alpha value is -3.35. The number of aryl methyl sites for hydroxylation is 1. The second-order valence-electron chi connectivity index (χ2n) is 5.49. The molecular formula is C18H14FN3O3. The molecule has 0 aliphatic carbocycles. The number of amides is 4. The molecule has 0 bridgehead atoms. The van der Waals surface area contributed by atoms with E-state index < -0.39 is 29.6 Å². The summed E-state index contributed by atoms with van der Waals surface area (Å²) in [6.07, 6.45) is 1.21. The molecule has 4 amide bonds. The lowest BCUT2D eigenvalue weighted by Crippen LogP contribution is -2.58. The van der Waals surface area contributed by atoms with Crippen LogP contribution in [0.3, 0.4) is 0 Å². The summed E-state index contributed by atoms with van der Waals surface area (Å²) in [5.74, 6) is -3.23. The van der Waals surface area contributed by atoms with Gasteiger partial charge in [0.15, 0.2) is 5.92 Å². The molecule has 7 heteroatoms. The van der Waals surface area contributed by atoms with Crippen LogP contribution in [0.1, 0.15) is 5.56 Å². The fourth-order valence-corrected chi connectivity index (χ4v) is 2.42. The molecule has 0 aromatic heterocycles. The van der Waals surface area contributed by atoms with Gasteiger partial charge >= 0.3 is 6.03 Å². The molecule has 1 aliphatic heterocycles. The van der Waals surface area contributed by atoms with Crippen LogP contribution in [0.5, 0.6) is 0 Å². The summed E-state index contributed by atoms with van der Waals surface area (Å²) < 4.78 is 13.1. The molecule has 0 saturated carbocycles. The molecular weight excluding hydrogens is 325 g/mol. The standard InChI is InChI=1S/C18H14FN3O3/c1-11-4-2-3-5-15(11)20-10-14-16(23)21-18(25)22(17(14)24)13-8-6-12(19)7-9-13/h2-10,14H,1H3,(H,21,23,25). The summed E-state index contributed by atoms with van der Waals surface area (Å²) in [7, 11) is 0. The van der Waals surface area contributed by atoms with Gasteiger partial charge in [0.25, 0.3) is 5.91 Å². The Morgan fingerprint density at radius 1 is 1.08 bits per heavy atom. The van der Waals surface area contributed by atoms with Crippen LogP contribution in [0.4, 0.5) is 20.6 Å². The van der Waals surface area contributed by atoms with Crippen molar-refractivity contribution >= 4 is 35.4 Å². The molecule has 1 aliphatic rings. The number of hydrogen-bond donors (Lipinski definition) is 1. The number of anilines is 1. The fraction of sp³-hybridized carbons (Fsp3) is 0.111. The number of carbonyl (C=O) groups excluding carboxylic acids is 3. The van der Waals surface area contributed by atoms with E-state index >= 15 is 0 Å². The van der Waals surface area contributed by atoms with Crippen molar-refractivity contribution in [3.8, 4) is 0 Å². The summed E-state index contributed by atoms with van der Waals surface area (Å²) in [6.45, 7) is 1.85. The average molecular weight is 339 g/mol. The second-order valence-corrected chi connectivity index (χ2v) is 5.49. The SMILES string of the molecule is Cc1ccccc1N=CC1C(=O)NC(=O)N(c2ccc(F)cc2)C1=O. The van der Waals surface area contributed by atoms with Gasteiger partial charge in [-0.1, -0.05) is 18.2 Å². The van der Waals surface area contributed by atoms with Crippen LogP contribution in [0, 0.1) is 18.7 Å². The zero-order chi connectivity index (χ0) is 18.0. The molecule has 1 heterocycles. The number of nitrogens with zero attached hydrogens (tertiary/aromatic N) is 2.